The summed E-state index contributed by atoms with van der Waals surface area (Å²) in [7, 11) is -1.21. The smallest absolute Gasteiger partial charge is 0.000816 e. The summed E-state index contributed by atoms with van der Waals surface area (Å²) in [6.07, 6.45) is 2.40. The molecule has 3 rings (SSSR count). The fourth-order valence-electron chi connectivity index (χ4n) is 2.79. The molecule has 0 unspecified atom stereocenters. The van der Waals surface area contributed by atoms with Gasteiger partial charge in [0.2, 0.25) is 0 Å². The van der Waals surface area contributed by atoms with E-state index in [1.54, 1.807) is 0 Å². The first-order valence-electron chi connectivity index (χ1n) is 7.17. The number of hydrogen-bond donors (Lipinski definition) is 0. The van der Waals surface area contributed by atoms with Crippen LogP contribution in [0.1, 0.15) is 5.56 Å². The molecule has 0 atom stereocenters. The lowest BCUT2D eigenvalue weighted by atomic mass is 10.2. The Labute approximate surface area is 128 Å². The highest BCUT2D eigenvalue weighted by Crippen LogP contribution is 2.66. The molecule has 0 heterocycles. The Morgan fingerprint density at radius 2 is 1.00 bits per heavy atom. The molecule has 106 valence electrons. The summed E-state index contributed by atoms with van der Waals surface area (Å²) < 4.78 is 0. The number of aryl methyl sites for hydroxylation is 1. The molecule has 0 N–H and O–H groups in total. The second kappa shape index (κ2) is 5.79. The fourth-order valence-corrected chi connectivity index (χ4v) is 6.04. The molecule has 0 fully saturated rings. The third-order valence-corrected chi connectivity index (χ3v) is 7.73. The van der Waals surface area contributed by atoms with Gasteiger partial charge in [0.25, 0.3) is 0 Å². The van der Waals surface area contributed by atoms with Crippen LogP contribution in [0.4, 0.5) is 0 Å². The molecule has 3 aromatic rings. The van der Waals surface area contributed by atoms with E-state index in [2.05, 4.69) is 98.1 Å². The maximum atomic E-state index is 2.40. The van der Waals surface area contributed by atoms with Crippen molar-refractivity contribution in [3.05, 3.63) is 90.5 Å². The maximum absolute atomic E-state index is 2.40. The van der Waals surface area contributed by atoms with Crippen LogP contribution >= 0.6 is 10.0 Å². The van der Waals surface area contributed by atoms with E-state index in [1.807, 2.05) is 0 Å². The van der Waals surface area contributed by atoms with Gasteiger partial charge >= 0.3 is 0 Å². The van der Waals surface area contributed by atoms with Crippen LogP contribution in [0.5, 0.6) is 0 Å². The van der Waals surface area contributed by atoms with Crippen LogP contribution in [0.3, 0.4) is 0 Å². The highest BCUT2D eigenvalue weighted by atomic mass is 32.3. The second-order valence-electron chi connectivity index (χ2n) is 5.31. The van der Waals surface area contributed by atoms with Gasteiger partial charge in [-0.2, -0.15) is 10.0 Å². The van der Waals surface area contributed by atoms with Gasteiger partial charge in [-0.3, -0.25) is 0 Å². The van der Waals surface area contributed by atoms with Crippen LogP contribution in [0, 0.1) is 6.92 Å². The second-order valence-corrected chi connectivity index (χ2v) is 8.53. The Kier molecular flexibility index (Phi) is 3.85. The van der Waals surface area contributed by atoms with Crippen LogP contribution in [0.25, 0.3) is 0 Å². The van der Waals surface area contributed by atoms with E-state index in [9.17, 15) is 0 Å². The average Bonchev–Trinajstić information content (AvgIpc) is 2.56. The Bertz CT molecular complexity index is 678. The van der Waals surface area contributed by atoms with Crippen LogP contribution < -0.4 is 0 Å². The molecule has 1 heteroatoms. The minimum absolute atomic E-state index is 1.21. The van der Waals surface area contributed by atoms with Gasteiger partial charge in [-0.1, -0.05) is 54.6 Å². The third-order valence-electron chi connectivity index (χ3n) is 3.96. The zero-order chi connectivity index (χ0) is 14.7. The Hall–Kier alpha value is -1.99. The number of rotatable bonds is 3. The number of benzene rings is 3. The van der Waals surface area contributed by atoms with E-state index in [1.165, 1.54) is 20.2 Å². The molecule has 0 nitrogen and oxygen atoms in total. The molecule has 0 saturated carbocycles. The average molecular weight is 292 g/mol. The monoisotopic (exact) mass is 292 g/mol. The summed E-state index contributed by atoms with van der Waals surface area (Å²) in [6.45, 7) is 2.21. The van der Waals surface area contributed by atoms with E-state index in [0.29, 0.717) is 0 Å². The van der Waals surface area contributed by atoms with Crippen molar-refractivity contribution in [1.29, 1.82) is 0 Å². The van der Waals surface area contributed by atoms with Gasteiger partial charge in [0.15, 0.2) is 0 Å². The van der Waals surface area contributed by atoms with Crippen LogP contribution in [-0.4, -0.2) is 6.26 Å². The first-order valence-corrected chi connectivity index (χ1v) is 9.21. The van der Waals surface area contributed by atoms with Gasteiger partial charge in [-0.15, -0.1) is 0 Å². The molecule has 0 aromatic heterocycles. The molecule has 0 bridgehead atoms. The molecule has 0 aliphatic heterocycles. The van der Waals surface area contributed by atoms with E-state index < -0.39 is 10.0 Å². The first-order chi connectivity index (χ1) is 10.2. The molecule has 0 aliphatic carbocycles. The lowest BCUT2D eigenvalue weighted by Crippen LogP contribution is -2.03. The zero-order valence-electron chi connectivity index (χ0n) is 12.5. The highest BCUT2D eigenvalue weighted by molar-refractivity contribution is 8.33. The van der Waals surface area contributed by atoms with Crippen LogP contribution in [-0.2, 0) is 0 Å². The number of hydrogen-bond acceptors (Lipinski definition) is 0. The maximum Gasteiger partial charge on any atom is 0.000816 e. The van der Waals surface area contributed by atoms with Gasteiger partial charge in [0.05, 0.1) is 0 Å². The lowest BCUT2D eigenvalue weighted by Gasteiger charge is -2.38. The Morgan fingerprint density at radius 3 is 1.48 bits per heavy atom. The summed E-state index contributed by atoms with van der Waals surface area (Å²) in [4.78, 5) is 4.26. The van der Waals surface area contributed by atoms with Gasteiger partial charge in [0, 0.05) is 4.90 Å². The standard InChI is InChI=1S/C20H20S/c1-17-11-9-10-16-20(17)21(2,18-12-5-3-6-13-18)19-14-7-4-8-15-19/h3-16H,1-2H3. The van der Waals surface area contributed by atoms with E-state index in [0.717, 1.165) is 0 Å². The van der Waals surface area contributed by atoms with Gasteiger partial charge in [0.1, 0.15) is 0 Å². The Balaban J connectivity index is 2.29. The van der Waals surface area contributed by atoms with Crippen molar-refractivity contribution >= 4 is 10.0 Å². The zero-order valence-corrected chi connectivity index (χ0v) is 13.3. The van der Waals surface area contributed by atoms with Crippen molar-refractivity contribution in [2.45, 2.75) is 21.6 Å². The first kappa shape index (κ1) is 14.0. The minimum Gasteiger partial charge on any atom is -0.163 e. The molecule has 0 spiro atoms. The summed E-state index contributed by atoms with van der Waals surface area (Å²) in [5.74, 6) is 0. The van der Waals surface area contributed by atoms with Crippen LogP contribution in [0.15, 0.2) is 99.6 Å². The molecular weight excluding hydrogens is 272 g/mol. The normalized spacial score (nSPS) is 12.1. The van der Waals surface area contributed by atoms with Crippen molar-refractivity contribution in [1.82, 2.24) is 0 Å². The third kappa shape index (κ3) is 2.50. The van der Waals surface area contributed by atoms with Crippen molar-refractivity contribution < 1.29 is 0 Å². The largest absolute Gasteiger partial charge is 0.163 e. The molecule has 0 aliphatic rings. The molecular formula is C20H20S. The van der Waals surface area contributed by atoms with Crippen molar-refractivity contribution in [3.63, 3.8) is 0 Å². The van der Waals surface area contributed by atoms with Crippen molar-refractivity contribution in [2.75, 3.05) is 6.26 Å². The summed E-state index contributed by atoms with van der Waals surface area (Å²) in [5.41, 5.74) is 1.36. The molecule has 0 saturated heterocycles. The molecule has 0 radical (unpaired) electrons. The molecule has 21 heavy (non-hydrogen) atoms. The van der Waals surface area contributed by atoms with Crippen LogP contribution in [0.2, 0.25) is 0 Å². The Morgan fingerprint density at radius 1 is 0.571 bits per heavy atom. The minimum atomic E-state index is -1.21. The van der Waals surface area contributed by atoms with E-state index >= 15 is 0 Å². The summed E-state index contributed by atoms with van der Waals surface area (Å²) in [6, 6.07) is 30.5. The predicted molar refractivity (Wildman–Crippen MR) is 92.4 cm³/mol. The van der Waals surface area contributed by atoms with Crippen molar-refractivity contribution in [3.8, 4) is 0 Å². The molecule has 3 aromatic carbocycles. The van der Waals surface area contributed by atoms with Gasteiger partial charge < -0.3 is 0 Å². The van der Waals surface area contributed by atoms with E-state index in [4.69, 9.17) is 0 Å². The predicted octanol–water partition coefficient (Wildman–Crippen LogP) is 5.91. The van der Waals surface area contributed by atoms with E-state index in [-0.39, 0.29) is 0 Å². The topological polar surface area (TPSA) is 0 Å². The summed E-state index contributed by atoms with van der Waals surface area (Å²) in [5, 5.41) is 0. The fraction of sp³-hybridized carbons (Fsp3) is 0.100. The molecule has 0 amide bonds. The van der Waals surface area contributed by atoms with Gasteiger partial charge in [-0.05, 0) is 58.9 Å². The van der Waals surface area contributed by atoms with Gasteiger partial charge in [-0.25, -0.2) is 0 Å². The highest BCUT2D eigenvalue weighted by Gasteiger charge is 2.26. The quantitative estimate of drug-likeness (QED) is 0.563. The summed E-state index contributed by atoms with van der Waals surface area (Å²) >= 11 is 0. The van der Waals surface area contributed by atoms with Crippen molar-refractivity contribution in [2.24, 2.45) is 0 Å². The SMILES string of the molecule is Cc1ccccc1S(C)(c1ccccc1)c1ccccc1. The lowest BCUT2D eigenvalue weighted by molar-refractivity contribution is 1.24.